The van der Waals surface area contributed by atoms with Crippen LogP contribution in [0.3, 0.4) is 0 Å². The molecule has 1 aliphatic heterocycles. The maximum absolute atomic E-state index is 12.8. The number of pyridine rings is 1. The van der Waals surface area contributed by atoms with Gasteiger partial charge in [-0.25, -0.2) is 19.2 Å². The molecule has 1 N–H and O–H groups in total. The van der Waals surface area contributed by atoms with Crippen LogP contribution < -0.4 is 10.1 Å². The predicted molar refractivity (Wildman–Crippen MR) is 102 cm³/mol. The van der Waals surface area contributed by atoms with E-state index in [9.17, 15) is 14.0 Å². The molecule has 0 aliphatic carbocycles. The Morgan fingerprint density at radius 1 is 1.43 bits per heavy atom. The van der Waals surface area contributed by atoms with Gasteiger partial charge in [0.15, 0.2) is 0 Å². The summed E-state index contributed by atoms with van der Waals surface area (Å²) in [5.74, 6) is -0.407. The van der Waals surface area contributed by atoms with Crippen molar-refractivity contribution in [2.45, 2.75) is 26.9 Å². The molecule has 0 saturated carbocycles. The summed E-state index contributed by atoms with van der Waals surface area (Å²) in [6.07, 6.45) is 1.90. The number of likely N-dealkylation sites (tertiary alicyclic amines) is 1. The number of carbonyl (C=O) groups is 2. The molecule has 1 aromatic heterocycles. The average molecular weight is 390 g/mol. The van der Waals surface area contributed by atoms with Crippen molar-refractivity contribution in [3.05, 3.63) is 47.3 Å². The summed E-state index contributed by atoms with van der Waals surface area (Å²) in [7, 11) is 0. The molecule has 1 fully saturated rings. The minimum absolute atomic E-state index is 0.0943. The average Bonchev–Trinajstić information content (AvgIpc) is 2.60. The number of ether oxygens (including phenoxy) is 2. The molecular weight excluding hydrogens is 367 g/mol. The zero-order valence-electron chi connectivity index (χ0n) is 16.1. The van der Waals surface area contributed by atoms with Gasteiger partial charge in [-0.15, -0.1) is 0 Å². The van der Waals surface area contributed by atoms with Crippen LogP contribution >= 0.6 is 0 Å². The van der Waals surface area contributed by atoms with Crippen LogP contribution in [-0.4, -0.2) is 54.4 Å². The van der Waals surface area contributed by atoms with Crippen LogP contribution in [0, 0.1) is 6.92 Å². The van der Waals surface area contributed by atoms with Crippen molar-refractivity contribution in [3.8, 4) is 5.75 Å². The van der Waals surface area contributed by atoms with Gasteiger partial charge in [-0.2, -0.15) is 0 Å². The minimum Gasteiger partial charge on any atom is -0.487 e. The van der Waals surface area contributed by atoms with E-state index in [1.807, 2.05) is 0 Å². The Morgan fingerprint density at radius 2 is 2.14 bits per heavy atom. The molecule has 150 valence electrons. The Morgan fingerprint density at radius 3 is 2.75 bits per heavy atom. The van der Waals surface area contributed by atoms with E-state index in [0.29, 0.717) is 31.1 Å². The van der Waals surface area contributed by atoms with Crippen LogP contribution in [0.25, 0.3) is 0 Å². The SMILES string of the molecule is C=N/C(=C\C=C(/C)F)NC(=O)c1cc(OC2CN(C(=O)OCC)C2)cc(C)n1. The third kappa shape index (κ3) is 5.90. The highest BCUT2D eigenvalue weighted by Crippen LogP contribution is 2.20. The molecule has 28 heavy (non-hydrogen) atoms. The predicted octanol–water partition coefficient (Wildman–Crippen LogP) is 2.75. The zero-order chi connectivity index (χ0) is 20.7. The van der Waals surface area contributed by atoms with Gasteiger partial charge in [0.05, 0.1) is 25.5 Å². The van der Waals surface area contributed by atoms with Crippen molar-refractivity contribution in [1.29, 1.82) is 0 Å². The van der Waals surface area contributed by atoms with Crippen LogP contribution in [0.4, 0.5) is 9.18 Å². The molecule has 1 aliphatic rings. The van der Waals surface area contributed by atoms with Gasteiger partial charge < -0.3 is 19.7 Å². The van der Waals surface area contributed by atoms with E-state index in [-0.39, 0.29) is 23.7 Å². The van der Waals surface area contributed by atoms with Crippen molar-refractivity contribution in [3.63, 3.8) is 0 Å². The van der Waals surface area contributed by atoms with Crippen LogP contribution in [0.5, 0.6) is 5.75 Å². The molecule has 2 rings (SSSR count). The first-order valence-corrected chi connectivity index (χ1v) is 8.71. The normalized spacial score (nSPS) is 14.9. The Hall–Kier alpha value is -3.23. The molecule has 0 bridgehead atoms. The standard InChI is InChI=1S/C19H23FN4O4/c1-5-27-19(26)24-10-15(11-24)28-14-8-13(3)22-16(9-14)18(25)23-17(21-4)7-6-12(2)20/h6-9,15H,4-5,10-11H2,1-3H3,(H,23,25)/b12-6+,17-7+. The fraction of sp³-hybridized carbons (Fsp3) is 0.368. The minimum atomic E-state index is -0.529. The lowest BCUT2D eigenvalue weighted by atomic mass is 10.2. The second-order valence-corrected chi connectivity index (χ2v) is 6.09. The summed E-state index contributed by atoms with van der Waals surface area (Å²) in [6.45, 7) is 9.22. The van der Waals surface area contributed by atoms with Crippen molar-refractivity contribution in [1.82, 2.24) is 15.2 Å². The number of halogens is 1. The number of amides is 2. The largest absolute Gasteiger partial charge is 0.487 e. The quantitative estimate of drug-likeness (QED) is 0.571. The summed E-state index contributed by atoms with van der Waals surface area (Å²) in [4.78, 5) is 33.3. The smallest absolute Gasteiger partial charge is 0.410 e. The van der Waals surface area contributed by atoms with Crippen molar-refractivity contribution in [2.75, 3.05) is 19.7 Å². The van der Waals surface area contributed by atoms with Crippen molar-refractivity contribution >= 4 is 18.7 Å². The van der Waals surface area contributed by atoms with Crippen LogP contribution in [0.2, 0.25) is 0 Å². The summed E-state index contributed by atoms with van der Waals surface area (Å²) in [6, 6.07) is 3.19. The molecule has 0 atom stereocenters. The molecule has 2 heterocycles. The van der Waals surface area contributed by atoms with Gasteiger partial charge in [-0.1, -0.05) is 0 Å². The Labute approximate surface area is 162 Å². The molecule has 9 heteroatoms. The van der Waals surface area contributed by atoms with Gasteiger partial charge in [-0.3, -0.25) is 4.79 Å². The molecule has 0 radical (unpaired) electrons. The fourth-order valence-corrected chi connectivity index (χ4v) is 2.40. The molecule has 1 aromatic rings. The number of hydrogen-bond donors (Lipinski definition) is 1. The second-order valence-electron chi connectivity index (χ2n) is 6.09. The molecule has 2 amide bonds. The van der Waals surface area contributed by atoms with Crippen molar-refractivity contribution < 1.29 is 23.5 Å². The molecule has 0 unspecified atom stereocenters. The third-order valence-electron chi connectivity index (χ3n) is 3.72. The summed E-state index contributed by atoms with van der Waals surface area (Å²) < 4.78 is 23.6. The van der Waals surface area contributed by atoms with Crippen molar-refractivity contribution in [2.24, 2.45) is 4.99 Å². The lowest BCUT2D eigenvalue weighted by Gasteiger charge is -2.37. The number of nitrogens with zero attached hydrogens (tertiary/aromatic N) is 3. The van der Waals surface area contributed by atoms with E-state index in [1.165, 1.54) is 24.0 Å². The number of carbonyl (C=O) groups excluding carboxylic acids is 2. The van der Waals surface area contributed by atoms with E-state index in [0.717, 1.165) is 6.08 Å². The molecule has 1 saturated heterocycles. The van der Waals surface area contributed by atoms with Gasteiger partial charge >= 0.3 is 6.09 Å². The Bertz CT molecular complexity index is 812. The first-order chi connectivity index (χ1) is 13.3. The number of aryl methyl sites for hydroxylation is 1. The lowest BCUT2D eigenvalue weighted by Crippen LogP contribution is -2.56. The summed E-state index contributed by atoms with van der Waals surface area (Å²) in [5, 5.41) is 2.50. The van der Waals surface area contributed by atoms with Crippen LogP contribution in [-0.2, 0) is 4.74 Å². The maximum atomic E-state index is 12.8. The number of aliphatic imine (C=N–C) groups is 1. The monoisotopic (exact) mass is 390 g/mol. The molecule has 0 aromatic carbocycles. The van der Waals surface area contributed by atoms with Crippen LogP contribution in [0.15, 0.2) is 40.9 Å². The first-order valence-electron chi connectivity index (χ1n) is 8.71. The zero-order valence-corrected chi connectivity index (χ0v) is 16.1. The van der Waals surface area contributed by atoms with E-state index >= 15 is 0 Å². The van der Waals surface area contributed by atoms with Gasteiger partial charge in [0.2, 0.25) is 0 Å². The Kier molecular flexibility index (Phi) is 7.25. The number of hydrogen-bond acceptors (Lipinski definition) is 6. The number of rotatable bonds is 7. The maximum Gasteiger partial charge on any atom is 0.410 e. The number of aromatic nitrogens is 1. The molecule has 8 nitrogen and oxygen atoms in total. The van der Waals surface area contributed by atoms with E-state index in [2.05, 4.69) is 22.0 Å². The third-order valence-corrected chi connectivity index (χ3v) is 3.72. The van der Waals surface area contributed by atoms with Gasteiger partial charge in [0, 0.05) is 17.8 Å². The highest BCUT2D eigenvalue weighted by atomic mass is 19.1. The summed E-state index contributed by atoms with van der Waals surface area (Å²) in [5.41, 5.74) is 0.702. The second kappa shape index (κ2) is 9.63. The van der Waals surface area contributed by atoms with Gasteiger partial charge in [0.25, 0.3) is 5.91 Å². The van der Waals surface area contributed by atoms with Gasteiger partial charge in [-0.05, 0) is 39.6 Å². The fourth-order valence-electron chi connectivity index (χ4n) is 2.40. The van der Waals surface area contributed by atoms with E-state index in [1.54, 1.807) is 19.9 Å². The molecular formula is C19H23FN4O4. The Balaban J connectivity index is 2.02. The number of nitrogens with one attached hydrogen (secondary N) is 1. The first kappa shape index (κ1) is 21.1. The van der Waals surface area contributed by atoms with Crippen LogP contribution in [0.1, 0.15) is 30.0 Å². The summed E-state index contributed by atoms with van der Waals surface area (Å²) >= 11 is 0. The molecule has 0 spiro atoms. The van der Waals surface area contributed by atoms with Gasteiger partial charge in [0.1, 0.15) is 23.4 Å². The highest BCUT2D eigenvalue weighted by molar-refractivity contribution is 5.93. The highest BCUT2D eigenvalue weighted by Gasteiger charge is 2.33. The number of allylic oxidation sites excluding steroid dienone is 3. The van der Waals surface area contributed by atoms with E-state index < -0.39 is 11.7 Å². The lowest BCUT2D eigenvalue weighted by molar-refractivity contribution is 0.0126. The van der Waals surface area contributed by atoms with E-state index in [4.69, 9.17) is 9.47 Å². The topological polar surface area (TPSA) is 93.1 Å².